The van der Waals surface area contributed by atoms with Gasteiger partial charge in [0, 0.05) is 25.3 Å². The van der Waals surface area contributed by atoms with Gasteiger partial charge in [-0.1, -0.05) is 18.2 Å². The second-order valence-electron chi connectivity index (χ2n) is 4.29. The van der Waals surface area contributed by atoms with Crippen molar-refractivity contribution < 1.29 is 13.9 Å². The number of hydrogen-bond donors (Lipinski definition) is 2. The fourth-order valence-electron chi connectivity index (χ4n) is 1.89. The van der Waals surface area contributed by atoms with E-state index in [0.717, 1.165) is 19.4 Å². The van der Waals surface area contributed by atoms with E-state index in [4.69, 9.17) is 4.74 Å². The lowest BCUT2D eigenvalue weighted by atomic mass is 10.2. The highest BCUT2D eigenvalue weighted by Crippen LogP contribution is 2.10. The summed E-state index contributed by atoms with van der Waals surface area (Å²) in [6, 6.07) is 6.09. The Balaban J connectivity index is 1.69. The van der Waals surface area contributed by atoms with E-state index in [1.165, 1.54) is 6.07 Å². The third kappa shape index (κ3) is 3.70. The molecule has 4 nitrogen and oxygen atoms in total. The molecule has 1 unspecified atom stereocenters. The quantitative estimate of drug-likeness (QED) is 0.858. The summed E-state index contributed by atoms with van der Waals surface area (Å²) >= 11 is 0. The van der Waals surface area contributed by atoms with Crippen LogP contribution >= 0.6 is 0 Å². The number of carbonyl (C=O) groups is 1. The van der Waals surface area contributed by atoms with Crippen LogP contribution in [0.2, 0.25) is 0 Å². The standard InChI is InChI=1S/C13H17FN2O2/c14-12-6-2-1-4-10(12)8-15-13(17)16-9-11-5-3-7-18-11/h1-2,4,6,11H,3,5,7-9H2,(H2,15,16,17). The van der Waals surface area contributed by atoms with Crippen LogP contribution in [-0.2, 0) is 11.3 Å². The highest BCUT2D eigenvalue weighted by molar-refractivity contribution is 5.73. The van der Waals surface area contributed by atoms with Gasteiger partial charge in [-0.3, -0.25) is 0 Å². The van der Waals surface area contributed by atoms with Crippen LogP contribution in [0.5, 0.6) is 0 Å². The number of carbonyl (C=O) groups excluding carboxylic acids is 1. The van der Waals surface area contributed by atoms with Crippen LogP contribution in [0.4, 0.5) is 9.18 Å². The van der Waals surface area contributed by atoms with Crippen LogP contribution in [0.3, 0.4) is 0 Å². The molecule has 0 aromatic heterocycles. The number of ether oxygens (including phenoxy) is 1. The van der Waals surface area contributed by atoms with Gasteiger partial charge in [0.1, 0.15) is 5.82 Å². The van der Waals surface area contributed by atoms with Crippen molar-refractivity contribution in [1.82, 2.24) is 10.6 Å². The van der Waals surface area contributed by atoms with Gasteiger partial charge in [0.15, 0.2) is 0 Å². The minimum absolute atomic E-state index is 0.115. The molecule has 0 saturated carbocycles. The smallest absolute Gasteiger partial charge is 0.315 e. The van der Waals surface area contributed by atoms with Crippen molar-refractivity contribution in [3.05, 3.63) is 35.6 Å². The van der Waals surface area contributed by atoms with Gasteiger partial charge in [-0.05, 0) is 18.9 Å². The molecule has 0 aliphatic carbocycles. The van der Waals surface area contributed by atoms with Crippen LogP contribution in [0.25, 0.3) is 0 Å². The fraction of sp³-hybridized carbons (Fsp3) is 0.462. The van der Waals surface area contributed by atoms with Crippen molar-refractivity contribution in [3.8, 4) is 0 Å². The zero-order valence-electron chi connectivity index (χ0n) is 10.1. The third-order valence-corrected chi connectivity index (χ3v) is 2.91. The first-order valence-electron chi connectivity index (χ1n) is 6.12. The first kappa shape index (κ1) is 12.8. The van der Waals surface area contributed by atoms with E-state index in [2.05, 4.69) is 10.6 Å². The van der Waals surface area contributed by atoms with E-state index in [0.29, 0.717) is 12.1 Å². The van der Waals surface area contributed by atoms with E-state index in [-0.39, 0.29) is 24.5 Å². The molecule has 2 amide bonds. The average molecular weight is 252 g/mol. The summed E-state index contributed by atoms with van der Waals surface area (Å²) in [6.45, 7) is 1.45. The number of benzene rings is 1. The topological polar surface area (TPSA) is 50.4 Å². The minimum atomic E-state index is -0.308. The zero-order chi connectivity index (χ0) is 12.8. The summed E-state index contributed by atoms with van der Waals surface area (Å²) in [5, 5.41) is 5.33. The van der Waals surface area contributed by atoms with Crippen molar-refractivity contribution >= 4 is 6.03 Å². The molecule has 1 aromatic rings. The zero-order valence-corrected chi connectivity index (χ0v) is 10.1. The monoisotopic (exact) mass is 252 g/mol. The summed E-state index contributed by atoms with van der Waals surface area (Å²) in [5.41, 5.74) is 0.477. The van der Waals surface area contributed by atoms with Gasteiger partial charge in [0.25, 0.3) is 0 Å². The summed E-state index contributed by atoms with van der Waals surface area (Å²) in [5.74, 6) is -0.308. The first-order chi connectivity index (χ1) is 8.75. The molecule has 1 fully saturated rings. The number of hydrogen-bond acceptors (Lipinski definition) is 2. The molecular weight excluding hydrogens is 235 g/mol. The number of urea groups is 1. The van der Waals surface area contributed by atoms with Crippen LogP contribution in [-0.4, -0.2) is 25.3 Å². The van der Waals surface area contributed by atoms with E-state index in [1.54, 1.807) is 18.2 Å². The van der Waals surface area contributed by atoms with Gasteiger partial charge in [0.2, 0.25) is 0 Å². The predicted molar refractivity (Wildman–Crippen MR) is 65.6 cm³/mol. The molecule has 1 aliphatic rings. The van der Waals surface area contributed by atoms with E-state index in [1.807, 2.05) is 0 Å². The molecule has 2 rings (SSSR count). The van der Waals surface area contributed by atoms with Crippen molar-refractivity contribution in [2.24, 2.45) is 0 Å². The van der Waals surface area contributed by atoms with Crippen molar-refractivity contribution in [1.29, 1.82) is 0 Å². The Labute approximate surface area is 106 Å². The molecule has 2 N–H and O–H groups in total. The second-order valence-corrected chi connectivity index (χ2v) is 4.29. The van der Waals surface area contributed by atoms with E-state index in [9.17, 15) is 9.18 Å². The van der Waals surface area contributed by atoms with Gasteiger partial charge >= 0.3 is 6.03 Å². The first-order valence-corrected chi connectivity index (χ1v) is 6.12. The summed E-state index contributed by atoms with van der Waals surface area (Å²) in [6.07, 6.45) is 2.14. The van der Waals surface area contributed by atoms with E-state index < -0.39 is 0 Å². The molecular formula is C13H17FN2O2. The lowest BCUT2D eigenvalue weighted by Gasteiger charge is -2.11. The molecule has 0 bridgehead atoms. The molecule has 98 valence electrons. The molecule has 1 heterocycles. The Morgan fingerprint density at radius 2 is 2.22 bits per heavy atom. The normalized spacial score (nSPS) is 18.6. The number of nitrogens with one attached hydrogen (secondary N) is 2. The average Bonchev–Trinajstić information content (AvgIpc) is 2.88. The van der Waals surface area contributed by atoms with Gasteiger partial charge in [-0.2, -0.15) is 0 Å². The lowest BCUT2D eigenvalue weighted by Crippen LogP contribution is -2.39. The summed E-state index contributed by atoms with van der Waals surface area (Å²) in [4.78, 5) is 11.5. The summed E-state index contributed by atoms with van der Waals surface area (Å²) in [7, 11) is 0. The van der Waals surface area contributed by atoms with E-state index >= 15 is 0 Å². The van der Waals surface area contributed by atoms with Crippen LogP contribution < -0.4 is 10.6 Å². The van der Waals surface area contributed by atoms with Crippen molar-refractivity contribution in [3.63, 3.8) is 0 Å². The minimum Gasteiger partial charge on any atom is -0.376 e. The van der Waals surface area contributed by atoms with Crippen molar-refractivity contribution in [2.75, 3.05) is 13.2 Å². The Morgan fingerprint density at radius 3 is 2.94 bits per heavy atom. The highest BCUT2D eigenvalue weighted by atomic mass is 19.1. The lowest BCUT2D eigenvalue weighted by molar-refractivity contribution is 0.111. The van der Waals surface area contributed by atoms with Gasteiger partial charge in [0.05, 0.1) is 6.10 Å². The summed E-state index contributed by atoms with van der Waals surface area (Å²) < 4.78 is 18.7. The third-order valence-electron chi connectivity index (χ3n) is 2.91. The maximum Gasteiger partial charge on any atom is 0.315 e. The van der Waals surface area contributed by atoms with Crippen LogP contribution in [0.1, 0.15) is 18.4 Å². The molecule has 0 radical (unpaired) electrons. The molecule has 5 heteroatoms. The molecule has 1 aliphatic heterocycles. The maximum absolute atomic E-state index is 13.3. The molecule has 1 saturated heterocycles. The van der Waals surface area contributed by atoms with Crippen molar-refractivity contribution in [2.45, 2.75) is 25.5 Å². The van der Waals surface area contributed by atoms with Crippen LogP contribution in [0.15, 0.2) is 24.3 Å². The van der Waals surface area contributed by atoms with Gasteiger partial charge in [-0.25, -0.2) is 9.18 Å². The number of halogens is 1. The Kier molecular flexibility index (Phi) is 4.52. The Morgan fingerprint density at radius 1 is 1.39 bits per heavy atom. The van der Waals surface area contributed by atoms with Gasteiger partial charge in [-0.15, -0.1) is 0 Å². The second kappa shape index (κ2) is 6.35. The maximum atomic E-state index is 13.3. The molecule has 1 atom stereocenters. The molecule has 0 spiro atoms. The molecule has 18 heavy (non-hydrogen) atoms. The number of rotatable bonds is 4. The van der Waals surface area contributed by atoms with Gasteiger partial charge < -0.3 is 15.4 Å². The molecule has 1 aromatic carbocycles. The largest absolute Gasteiger partial charge is 0.376 e. The fourth-order valence-corrected chi connectivity index (χ4v) is 1.89. The van der Waals surface area contributed by atoms with Crippen LogP contribution in [0, 0.1) is 5.82 Å². The Bertz CT molecular complexity index is 406. The number of amides is 2. The SMILES string of the molecule is O=C(NCc1ccccc1F)NCC1CCCO1. The predicted octanol–water partition coefficient (Wildman–Crippen LogP) is 1.80. The highest BCUT2D eigenvalue weighted by Gasteiger charge is 2.15. The Hall–Kier alpha value is -1.62.